The average Bonchev–Trinajstić information content (AvgIpc) is 2.60. The van der Waals surface area contributed by atoms with Crippen LogP contribution in [0.3, 0.4) is 0 Å². The fourth-order valence-corrected chi connectivity index (χ4v) is 3.07. The number of aromatic nitrogens is 2. The van der Waals surface area contributed by atoms with E-state index in [0.717, 1.165) is 38.5 Å². The molecule has 0 radical (unpaired) electrons. The van der Waals surface area contributed by atoms with Crippen LogP contribution in [0.1, 0.15) is 6.92 Å². The Morgan fingerprint density at radius 3 is 2.62 bits per heavy atom. The third-order valence-corrected chi connectivity index (χ3v) is 4.73. The Morgan fingerprint density at radius 1 is 1.17 bits per heavy atom. The lowest BCUT2D eigenvalue weighted by Crippen LogP contribution is -2.46. The topological polar surface area (TPSA) is 70.3 Å². The van der Waals surface area contributed by atoms with Crippen LogP contribution in [-0.2, 0) is 0 Å². The third-order valence-electron chi connectivity index (χ3n) is 4.16. The standard InChI is InChI=1S/C16H20Cl2N6/c1-2-23-5-7-24(8-6-23)16-14(19)15(20-10-21-16)22-13-9-11(17)3-4-12(13)18/h3-4,9-10H,2,5-8,19H2,1H3,(H,20,21,22). The van der Waals surface area contributed by atoms with Gasteiger partial charge in [-0.05, 0) is 24.7 Å². The second kappa shape index (κ2) is 7.42. The summed E-state index contributed by atoms with van der Waals surface area (Å²) in [5, 5.41) is 4.29. The molecule has 8 heteroatoms. The molecule has 1 aromatic carbocycles. The van der Waals surface area contributed by atoms with Crippen LogP contribution in [0.25, 0.3) is 0 Å². The van der Waals surface area contributed by atoms with E-state index in [-0.39, 0.29) is 0 Å². The molecular formula is C16H20Cl2N6. The van der Waals surface area contributed by atoms with Gasteiger partial charge < -0.3 is 20.9 Å². The van der Waals surface area contributed by atoms with Gasteiger partial charge in [-0.15, -0.1) is 0 Å². The van der Waals surface area contributed by atoms with Crippen LogP contribution >= 0.6 is 23.2 Å². The largest absolute Gasteiger partial charge is 0.393 e. The summed E-state index contributed by atoms with van der Waals surface area (Å²) in [5.74, 6) is 1.28. The van der Waals surface area contributed by atoms with E-state index in [1.165, 1.54) is 6.33 Å². The van der Waals surface area contributed by atoms with E-state index in [9.17, 15) is 0 Å². The van der Waals surface area contributed by atoms with Crippen LogP contribution in [0.5, 0.6) is 0 Å². The van der Waals surface area contributed by atoms with Crippen LogP contribution in [-0.4, -0.2) is 47.6 Å². The monoisotopic (exact) mass is 366 g/mol. The van der Waals surface area contributed by atoms with Crippen molar-refractivity contribution in [1.82, 2.24) is 14.9 Å². The molecule has 3 N–H and O–H groups in total. The maximum Gasteiger partial charge on any atom is 0.159 e. The molecule has 3 rings (SSSR count). The van der Waals surface area contributed by atoms with Crippen molar-refractivity contribution in [1.29, 1.82) is 0 Å². The SMILES string of the molecule is CCN1CCN(c2ncnc(Nc3cc(Cl)ccc3Cl)c2N)CC1. The summed E-state index contributed by atoms with van der Waals surface area (Å²) in [4.78, 5) is 13.2. The number of nitrogens with two attached hydrogens (primary N) is 1. The zero-order valence-corrected chi connectivity index (χ0v) is 15.0. The second-order valence-corrected chi connectivity index (χ2v) is 6.47. The minimum atomic E-state index is 0.512. The summed E-state index contributed by atoms with van der Waals surface area (Å²) in [6.45, 7) is 7.03. The van der Waals surface area contributed by atoms with Crippen molar-refractivity contribution in [3.05, 3.63) is 34.6 Å². The Morgan fingerprint density at radius 2 is 1.92 bits per heavy atom. The van der Waals surface area contributed by atoms with Gasteiger partial charge in [-0.2, -0.15) is 0 Å². The molecule has 0 bridgehead atoms. The van der Waals surface area contributed by atoms with E-state index in [2.05, 4.69) is 32.0 Å². The van der Waals surface area contributed by atoms with Gasteiger partial charge in [-0.1, -0.05) is 30.1 Å². The Balaban J connectivity index is 1.82. The highest BCUT2D eigenvalue weighted by molar-refractivity contribution is 6.35. The van der Waals surface area contributed by atoms with Gasteiger partial charge in [0, 0.05) is 31.2 Å². The number of nitrogens with zero attached hydrogens (tertiary/aromatic N) is 4. The summed E-state index contributed by atoms with van der Waals surface area (Å²) >= 11 is 12.2. The van der Waals surface area contributed by atoms with E-state index in [4.69, 9.17) is 28.9 Å². The number of benzene rings is 1. The molecule has 0 spiro atoms. The van der Waals surface area contributed by atoms with Crippen molar-refractivity contribution in [3.63, 3.8) is 0 Å². The molecule has 1 aromatic heterocycles. The van der Waals surface area contributed by atoms with Gasteiger partial charge in [0.25, 0.3) is 0 Å². The molecule has 1 saturated heterocycles. The Kier molecular flexibility index (Phi) is 5.28. The number of nitrogen functional groups attached to an aromatic ring is 1. The number of piperazine rings is 1. The summed E-state index contributed by atoms with van der Waals surface area (Å²) in [7, 11) is 0. The molecule has 1 aliphatic heterocycles. The molecule has 0 unspecified atom stereocenters. The highest BCUT2D eigenvalue weighted by Crippen LogP contribution is 2.32. The maximum absolute atomic E-state index is 6.30. The minimum Gasteiger partial charge on any atom is -0.393 e. The van der Waals surface area contributed by atoms with Crippen molar-refractivity contribution >= 4 is 46.2 Å². The highest BCUT2D eigenvalue weighted by atomic mass is 35.5. The van der Waals surface area contributed by atoms with Gasteiger partial charge in [0.05, 0.1) is 10.7 Å². The van der Waals surface area contributed by atoms with E-state index >= 15 is 0 Å². The number of hydrogen-bond acceptors (Lipinski definition) is 6. The molecular weight excluding hydrogens is 347 g/mol. The molecule has 0 aliphatic carbocycles. The first-order valence-corrected chi connectivity index (χ1v) is 8.64. The summed E-state index contributed by atoms with van der Waals surface area (Å²) in [5.41, 5.74) is 7.47. The zero-order valence-electron chi connectivity index (χ0n) is 13.5. The molecule has 128 valence electrons. The van der Waals surface area contributed by atoms with Crippen molar-refractivity contribution in [2.24, 2.45) is 0 Å². The van der Waals surface area contributed by atoms with Crippen molar-refractivity contribution in [3.8, 4) is 0 Å². The predicted molar refractivity (Wildman–Crippen MR) is 101 cm³/mol. The molecule has 6 nitrogen and oxygen atoms in total. The molecule has 1 aliphatic rings. The first kappa shape index (κ1) is 17.1. The lowest BCUT2D eigenvalue weighted by atomic mass is 10.2. The van der Waals surface area contributed by atoms with Crippen molar-refractivity contribution in [2.45, 2.75) is 6.92 Å². The lowest BCUT2D eigenvalue weighted by Gasteiger charge is -2.35. The molecule has 0 atom stereocenters. The molecule has 2 heterocycles. The molecule has 1 fully saturated rings. The first-order valence-electron chi connectivity index (χ1n) is 7.88. The minimum absolute atomic E-state index is 0.512. The Hall–Kier alpha value is -1.76. The van der Waals surface area contributed by atoms with Crippen molar-refractivity contribution in [2.75, 3.05) is 48.7 Å². The fourth-order valence-electron chi connectivity index (χ4n) is 2.73. The number of anilines is 4. The van der Waals surface area contributed by atoms with E-state index in [1.807, 2.05) is 0 Å². The van der Waals surface area contributed by atoms with E-state index in [0.29, 0.717) is 27.2 Å². The molecule has 24 heavy (non-hydrogen) atoms. The number of halogens is 2. The van der Waals surface area contributed by atoms with Crippen LogP contribution in [0.2, 0.25) is 10.0 Å². The van der Waals surface area contributed by atoms with Gasteiger partial charge in [0.2, 0.25) is 0 Å². The fraction of sp³-hybridized carbons (Fsp3) is 0.375. The van der Waals surface area contributed by atoms with Crippen LogP contribution in [0.15, 0.2) is 24.5 Å². The van der Waals surface area contributed by atoms with Gasteiger partial charge in [0.15, 0.2) is 11.6 Å². The first-order chi connectivity index (χ1) is 11.6. The smallest absolute Gasteiger partial charge is 0.159 e. The number of nitrogens with one attached hydrogen (secondary N) is 1. The summed E-state index contributed by atoms with van der Waals surface area (Å²) in [6, 6.07) is 5.21. The van der Waals surface area contributed by atoms with Gasteiger partial charge in [-0.25, -0.2) is 9.97 Å². The Bertz CT molecular complexity index is 716. The summed E-state index contributed by atoms with van der Waals surface area (Å²) in [6.07, 6.45) is 1.51. The number of rotatable bonds is 4. The normalized spacial score (nSPS) is 15.5. The summed E-state index contributed by atoms with van der Waals surface area (Å²) < 4.78 is 0. The van der Waals surface area contributed by atoms with Crippen LogP contribution < -0.4 is 16.0 Å². The molecule has 0 amide bonds. The lowest BCUT2D eigenvalue weighted by molar-refractivity contribution is 0.270. The zero-order chi connectivity index (χ0) is 17.1. The van der Waals surface area contributed by atoms with E-state index < -0.39 is 0 Å². The Labute approximate surface area is 151 Å². The third kappa shape index (κ3) is 3.66. The van der Waals surface area contributed by atoms with Crippen LogP contribution in [0.4, 0.5) is 23.0 Å². The van der Waals surface area contributed by atoms with Gasteiger partial charge in [0.1, 0.15) is 12.0 Å². The second-order valence-electron chi connectivity index (χ2n) is 5.63. The average molecular weight is 367 g/mol. The highest BCUT2D eigenvalue weighted by Gasteiger charge is 2.20. The maximum atomic E-state index is 6.30. The van der Waals surface area contributed by atoms with Gasteiger partial charge in [-0.3, -0.25) is 0 Å². The van der Waals surface area contributed by atoms with E-state index in [1.54, 1.807) is 18.2 Å². The molecule has 0 saturated carbocycles. The van der Waals surface area contributed by atoms with Gasteiger partial charge >= 0.3 is 0 Å². The van der Waals surface area contributed by atoms with Crippen LogP contribution in [0, 0.1) is 0 Å². The number of likely N-dealkylation sites (N-methyl/N-ethyl adjacent to an activating group) is 1. The predicted octanol–water partition coefficient (Wildman–Crippen LogP) is 3.25. The molecule has 2 aromatic rings. The quantitative estimate of drug-likeness (QED) is 0.865. The van der Waals surface area contributed by atoms with Crippen molar-refractivity contribution < 1.29 is 0 Å². The number of hydrogen-bond donors (Lipinski definition) is 2.